The fraction of sp³-hybridized carbons (Fsp3) is 0.591. The van der Waals surface area contributed by atoms with Crippen LogP contribution < -0.4 is 4.90 Å². The summed E-state index contributed by atoms with van der Waals surface area (Å²) in [5.41, 5.74) is 1.31. The van der Waals surface area contributed by atoms with E-state index in [2.05, 4.69) is 35.1 Å². The van der Waals surface area contributed by atoms with Gasteiger partial charge in [-0.05, 0) is 31.4 Å². The van der Waals surface area contributed by atoms with Crippen LogP contribution in [0.1, 0.15) is 25.3 Å². The number of likely N-dealkylation sites (N-methyl/N-ethyl adjacent to an activating group) is 1. The summed E-state index contributed by atoms with van der Waals surface area (Å²) in [7, 11) is 3.56. The van der Waals surface area contributed by atoms with Gasteiger partial charge in [0.2, 0.25) is 0 Å². The van der Waals surface area contributed by atoms with Crippen molar-refractivity contribution in [2.45, 2.75) is 43.2 Å². The normalized spacial score (nSPS) is 48.6. The molecule has 6 bridgehead atoms. The molecule has 0 radical (unpaired) electrons. The van der Waals surface area contributed by atoms with Crippen LogP contribution in [0.5, 0.6) is 0 Å². The van der Waals surface area contributed by atoms with E-state index in [4.69, 9.17) is 9.47 Å². The maximum Gasteiger partial charge on any atom is 0.318 e. The van der Waals surface area contributed by atoms with Gasteiger partial charge >= 0.3 is 5.97 Å². The van der Waals surface area contributed by atoms with Gasteiger partial charge < -0.3 is 19.5 Å². The van der Waals surface area contributed by atoms with Gasteiger partial charge in [0.05, 0.1) is 18.6 Å². The van der Waals surface area contributed by atoms with Gasteiger partial charge in [-0.2, -0.15) is 0 Å². The van der Waals surface area contributed by atoms with Crippen molar-refractivity contribution in [3.63, 3.8) is 0 Å². The summed E-state index contributed by atoms with van der Waals surface area (Å²) in [5, 5.41) is 11.4. The zero-order chi connectivity index (χ0) is 19.5. The molecule has 1 aliphatic carbocycles. The van der Waals surface area contributed by atoms with Crippen molar-refractivity contribution in [2.75, 3.05) is 32.1 Å². The Bertz CT molecular complexity index is 931. The lowest BCUT2D eigenvalue weighted by Gasteiger charge is -2.67. The standard InChI is InChI=1S/C22H26N2O4/c1-4-13-12-24-10-9-20-14-7-5-6-8-16(14)23(2)22(20,24)17-11-15(13)21(20,18(25)27-3)19(26)28-17/h4-8,15,17,19,26H,9-12H2,1-3H3/b13-4-/t15?,17-,19-,20?,21?,22+/m1/s1. The van der Waals surface area contributed by atoms with Gasteiger partial charge in [-0.3, -0.25) is 9.69 Å². The van der Waals surface area contributed by atoms with Crippen LogP contribution in [0.4, 0.5) is 5.69 Å². The molecule has 4 unspecified atom stereocenters. The Balaban J connectivity index is 1.80. The molecule has 7 aliphatic rings. The van der Waals surface area contributed by atoms with E-state index in [1.807, 2.05) is 19.1 Å². The number of aliphatic hydroxyl groups excluding tert-OH is 1. The van der Waals surface area contributed by atoms with E-state index in [0.29, 0.717) is 0 Å². The summed E-state index contributed by atoms with van der Waals surface area (Å²) < 4.78 is 11.7. The number of benzene rings is 1. The fourth-order valence-corrected chi connectivity index (χ4v) is 8.01. The zero-order valence-corrected chi connectivity index (χ0v) is 16.5. The van der Waals surface area contributed by atoms with E-state index in [1.54, 1.807) is 0 Å². The van der Waals surface area contributed by atoms with Crippen LogP contribution in [0.25, 0.3) is 0 Å². The molecule has 8 rings (SSSR count). The SMILES string of the molecule is C/C=C1/CN2CCC34c5ccccc5N(C)[C@@]23[C@H]2CC1C4(C(=O)OC)[C@H](O)O2. The Morgan fingerprint density at radius 3 is 2.93 bits per heavy atom. The van der Waals surface area contributed by atoms with Crippen molar-refractivity contribution in [1.82, 2.24) is 4.90 Å². The summed E-state index contributed by atoms with van der Waals surface area (Å²) in [4.78, 5) is 18.5. The Morgan fingerprint density at radius 2 is 2.18 bits per heavy atom. The second-order valence-electron chi connectivity index (χ2n) is 8.87. The van der Waals surface area contributed by atoms with Crippen LogP contribution in [-0.4, -0.2) is 61.3 Å². The predicted molar refractivity (Wildman–Crippen MR) is 103 cm³/mol. The first-order valence-corrected chi connectivity index (χ1v) is 10.2. The summed E-state index contributed by atoms with van der Waals surface area (Å²) in [6.45, 7) is 3.71. The highest BCUT2D eigenvalue weighted by Crippen LogP contribution is 2.77. The number of anilines is 1. The van der Waals surface area contributed by atoms with Gasteiger partial charge in [0.15, 0.2) is 6.29 Å². The second kappa shape index (κ2) is 4.99. The number of hydrogen-bond acceptors (Lipinski definition) is 6. The highest BCUT2D eigenvalue weighted by atomic mass is 16.6. The lowest BCUT2D eigenvalue weighted by Crippen LogP contribution is -2.83. The van der Waals surface area contributed by atoms with Gasteiger partial charge in [-0.1, -0.05) is 29.8 Å². The number of allylic oxidation sites excluding steroid dienone is 1. The molecular formula is C22H26N2O4. The van der Waals surface area contributed by atoms with E-state index < -0.39 is 22.8 Å². The molecule has 148 valence electrons. The van der Waals surface area contributed by atoms with E-state index in [-0.39, 0.29) is 18.0 Å². The van der Waals surface area contributed by atoms with Crippen LogP contribution in [-0.2, 0) is 19.7 Å². The monoisotopic (exact) mass is 382 g/mol. The van der Waals surface area contributed by atoms with Crippen LogP contribution in [0.2, 0.25) is 0 Å². The largest absolute Gasteiger partial charge is 0.468 e. The molecule has 6 heteroatoms. The summed E-state index contributed by atoms with van der Waals surface area (Å²) in [5.74, 6) is -0.433. The first-order valence-electron chi connectivity index (χ1n) is 10.2. The average Bonchev–Trinajstić information content (AvgIpc) is 3.11. The molecule has 0 amide bonds. The molecule has 6 nitrogen and oxygen atoms in total. The molecule has 6 heterocycles. The maximum atomic E-state index is 13.7. The minimum Gasteiger partial charge on any atom is -0.468 e. The first kappa shape index (κ1) is 17.0. The predicted octanol–water partition coefficient (Wildman–Crippen LogP) is 1.63. The van der Waals surface area contributed by atoms with Crippen molar-refractivity contribution in [3.05, 3.63) is 41.5 Å². The van der Waals surface area contributed by atoms with Crippen LogP contribution >= 0.6 is 0 Å². The smallest absolute Gasteiger partial charge is 0.318 e. The van der Waals surface area contributed by atoms with Crippen LogP contribution in [0, 0.1) is 11.3 Å². The Hall–Kier alpha value is -1.89. The number of aliphatic hydroxyl groups is 1. The molecule has 5 saturated heterocycles. The molecule has 1 saturated carbocycles. The van der Waals surface area contributed by atoms with Gasteiger partial charge in [0.1, 0.15) is 11.1 Å². The molecule has 6 fully saturated rings. The summed E-state index contributed by atoms with van der Waals surface area (Å²) >= 11 is 0. The molecular weight excluding hydrogens is 356 g/mol. The molecule has 28 heavy (non-hydrogen) atoms. The van der Waals surface area contributed by atoms with Crippen molar-refractivity contribution in [1.29, 1.82) is 0 Å². The van der Waals surface area contributed by atoms with E-state index in [0.717, 1.165) is 37.2 Å². The quantitative estimate of drug-likeness (QED) is 0.589. The minimum atomic E-state index is -1.18. The number of para-hydroxylation sites is 1. The highest BCUT2D eigenvalue weighted by molar-refractivity contribution is 5.87. The number of methoxy groups -OCH3 is 1. The highest BCUT2D eigenvalue weighted by Gasteiger charge is 2.89. The van der Waals surface area contributed by atoms with Gasteiger partial charge in [0.25, 0.3) is 0 Å². The maximum absolute atomic E-state index is 13.7. The lowest BCUT2D eigenvalue weighted by atomic mass is 9.43. The van der Waals surface area contributed by atoms with Crippen molar-refractivity contribution >= 4 is 11.7 Å². The number of esters is 1. The van der Waals surface area contributed by atoms with Gasteiger partial charge in [-0.25, -0.2) is 0 Å². The van der Waals surface area contributed by atoms with Crippen LogP contribution in [0.15, 0.2) is 35.9 Å². The summed E-state index contributed by atoms with van der Waals surface area (Å²) in [6, 6.07) is 8.37. The third-order valence-electron chi connectivity index (χ3n) is 8.66. The number of ether oxygens (including phenoxy) is 2. The number of fused-ring (bicyclic) bond motifs is 3. The number of carbonyl (C=O) groups is 1. The Morgan fingerprint density at radius 1 is 1.39 bits per heavy atom. The number of nitrogens with zero attached hydrogens (tertiary/aromatic N) is 2. The molecule has 0 aromatic heterocycles. The lowest BCUT2D eigenvalue weighted by molar-refractivity contribution is -0.331. The third kappa shape index (κ3) is 1.31. The summed E-state index contributed by atoms with van der Waals surface area (Å²) in [6.07, 6.45) is 2.33. The Kier molecular flexibility index (Phi) is 3.03. The minimum absolute atomic E-state index is 0.0864. The van der Waals surface area contributed by atoms with Crippen molar-refractivity contribution in [3.8, 4) is 0 Å². The Labute approximate surface area is 164 Å². The number of hydrogen-bond donors (Lipinski definition) is 1. The van der Waals surface area contributed by atoms with E-state index in [1.165, 1.54) is 12.7 Å². The molecule has 7 atom stereocenters. The number of rotatable bonds is 1. The van der Waals surface area contributed by atoms with Crippen molar-refractivity contribution in [2.24, 2.45) is 11.3 Å². The molecule has 1 aromatic carbocycles. The third-order valence-corrected chi connectivity index (χ3v) is 8.66. The molecule has 6 aliphatic heterocycles. The van der Waals surface area contributed by atoms with E-state index in [9.17, 15) is 9.90 Å². The van der Waals surface area contributed by atoms with E-state index >= 15 is 0 Å². The average molecular weight is 382 g/mol. The topological polar surface area (TPSA) is 62.2 Å². The van der Waals surface area contributed by atoms with Crippen molar-refractivity contribution < 1.29 is 19.4 Å². The molecule has 1 spiro atoms. The van der Waals surface area contributed by atoms with Gasteiger partial charge in [0, 0.05) is 31.7 Å². The van der Waals surface area contributed by atoms with Crippen LogP contribution in [0.3, 0.4) is 0 Å². The zero-order valence-electron chi connectivity index (χ0n) is 16.5. The molecule has 1 N–H and O–H groups in total. The molecule has 1 aromatic rings. The second-order valence-corrected chi connectivity index (χ2v) is 8.87. The fourth-order valence-electron chi connectivity index (χ4n) is 8.01. The number of carbonyl (C=O) groups excluding carboxylic acids is 1. The first-order chi connectivity index (χ1) is 13.5. The van der Waals surface area contributed by atoms with Gasteiger partial charge in [-0.15, -0.1) is 0 Å².